The van der Waals surface area contributed by atoms with Crippen LogP contribution in [0.4, 0.5) is 5.82 Å². The van der Waals surface area contributed by atoms with E-state index in [0.29, 0.717) is 18.0 Å². The average Bonchev–Trinajstić information content (AvgIpc) is 3.10. The molecule has 114 valence electrons. The first kappa shape index (κ1) is 14.6. The van der Waals surface area contributed by atoms with Gasteiger partial charge in [0.2, 0.25) is 5.91 Å². The van der Waals surface area contributed by atoms with Gasteiger partial charge in [0.15, 0.2) is 11.0 Å². The van der Waals surface area contributed by atoms with Crippen LogP contribution in [0.15, 0.2) is 40.0 Å². The fourth-order valence-corrected chi connectivity index (χ4v) is 3.00. The number of thioether (sulfide) groups is 1. The van der Waals surface area contributed by atoms with E-state index in [1.54, 1.807) is 13.0 Å². The van der Waals surface area contributed by atoms with E-state index in [1.165, 1.54) is 11.8 Å². The maximum atomic E-state index is 12.3. The Hall–Kier alpha value is -2.28. The highest BCUT2D eigenvalue weighted by Crippen LogP contribution is 2.26. The number of benzene rings is 1. The van der Waals surface area contributed by atoms with Crippen molar-refractivity contribution in [2.24, 2.45) is 0 Å². The van der Waals surface area contributed by atoms with Crippen molar-refractivity contribution >= 4 is 34.5 Å². The number of amides is 1. The van der Waals surface area contributed by atoms with Crippen molar-refractivity contribution in [2.75, 3.05) is 5.32 Å². The molecule has 1 atom stereocenters. The van der Waals surface area contributed by atoms with Crippen molar-refractivity contribution in [3.05, 3.63) is 36.1 Å². The highest BCUT2D eigenvalue weighted by atomic mass is 32.2. The number of carbonyl (C=O) groups is 1. The largest absolute Gasteiger partial charge is 0.360 e. The van der Waals surface area contributed by atoms with Gasteiger partial charge in [-0.15, -0.1) is 0 Å². The zero-order valence-corrected chi connectivity index (χ0v) is 13.1. The maximum Gasteiger partial charge on any atom is 0.239 e. The molecule has 0 unspecified atom stereocenters. The second kappa shape index (κ2) is 6.23. The van der Waals surface area contributed by atoms with Crippen LogP contribution in [0.2, 0.25) is 0 Å². The molecular formula is C15H16N4O2S. The summed E-state index contributed by atoms with van der Waals surface area (Å²) in [6, 6.07) is 9.48. The second-order valence-electron chi connectivity index (χ2n) is 4.89. The first-order valence-electron chi connectivity index (χ1n) is 7.01. The van der Waals surface area contributed by atoms with Crippen LogP contribution in [0, 0.1) is 6.92 Å². The van der Waals surface area contributed by atoms with Crippen molar-refractivity contribution in [1.29, 1.82) is 0 Å². The fourth-order valence-electron chi connectivity index (χ4n) is 2.07. The van der Waals surface area contributed by atoms with Crippen molar-refractivity contribution in [2.45, 2.75) is 30.7 Å². The number of aromatic nitrogens is 3. The molecule has 3 aromatic rings. The van der Waals surface area contributed by atoms with Gasteiger partial charge in [-0.2, -0.15) is 0 Å². The van der Waals surface area contributed by atoms with E-state index in [-0.39, 0.29) is 11.2 Å². The third-order valence-corrected chi connectivity index (χ3v) is 4.41. The minimum absolute atomic E-state index is 0.110. The van der Waals surface area contributed by atoms with Crippen LogP contribution >= 0.6 is 11.8 Å². The minimum Gasteiger partial charge on any atom is -0.360 e. The van der Waals surface area contributed by atoms with Crippen LogP contribution in [0.3, 0.4) is 0 Å². The van der Waals surface area contributed by atoms with Gasteiger partial charge in [0.05, 0.1) is 16.3 Å². The molecule has 0 fully saturated rings. The van der Waals surface area contributed by atoms with E-state index in [2.05, 4.69) is 20.4 Å². The van der Waals surface area contributed by atoms with Gasteiger partial charge in [0, 0.05) is 6.07 Å². The number of aromatic amines is 1. The zero-order chi connectivity index (χ0) is 15.5. The number of fused-ring (bicyclic) bond motifs is 1. The van der Waals surface area contributed by atoms with E-state index in [1.807, 2.05) is 31.2 Å². The van der Waals surface area contributed by atoms with Gasteiger partial charge in [-0.05, 0) is 25.5 Å². The van der Waals surface area contributed by atoms with Crippen LogP contribution in [0.5, 0.6) is 0 Å². The van der Waals surface area contributed by atoms with Crippen molar-refractivity contribution in [3.8, 4) is 0 Å². The smallest absolute Gasteiger partial charge is 0.239 e. The summed E-state index contributed by atoms with van der Waals surface area (Å²) in [5.41, 5.74) is 1.86. The Bertz CT molecular complexity index is 763. The number of rotatable bonds is 5. The van der Waals surface area contributed by atoms with Gasteiger partial charge < -0.3 is 14.8 Å². The predicted octanol–water partition coefficient (Wildman–Crippen LogP) is 3.37. The van der Waals surface area contributed by atoms with Gasteiger partial charge in [0.25, 0.3) is 0 Å². The van der Waals surface area contributed by atoms with Crippen LogP contribution in [-0.4, -0.2) is 26.3 Å². The molecule has 0 spiro atoms. The highest BCUT2D eigenvalue weighted by Gasteiger charge is 2.20. The standard InChI is InChI=1S/C15H16N4O2S/c1-3-12(14(20)18-13-8-9(2)21-19-13)22-15-16-10-6-4-5-7-11(10)17-15/h4-8,12H,3H2,1-2H3,(H,16,17)(H,18,19,20)/t12-/m0/s1. The number of imidazole rings is 1. The summed E-state index contributed by atoms with van der Waals surface area (Å²) in [5.74, 6) is 0.987. The molecule has 7 heteroatoms. The molecule has 0 aliphatic heterocycles. The summed E-state index contributed by atoms with van der Waals surface area (Å²) in [6.45, 7) is 3.75. The molecular weight excluding hydrogens is 300 g/mol. The Labute approximate surface area is 131 Å². The molecule has 6 nitrogen and oxygen atoms in total. The van der Waals surface area contributed by atoms with Gasteiger partial charge in [-0.3, -0.25) is 4.79 Å². The number of carbonyl (C=O) groups excluding carboxylic acids is 1. The summed E-state index contributed by atoms with van der Waals surface area (Å²) in [6.07, 6.45) is 0.685. The maximum absolute atomic E-state index is 12.3. The molecule has 3 rings (SSSR count). The average molecular weight is 316 g/mol. The van der Waals surface area contributed by atoms with Gasteiger partial charge >= 0.3 is 0 Å². The van der Waals surface area contributed by atoms with Crippen LogP contribution < -0.4 is 5.32 Å². The van der Waals surface area contributed by atoms with Gasteiger partial charge in [-0.1, -0.05) is 36.0 Å². The van der Waals surface area contributed by atoms with E-state index in [9.17, 15) is 4.79 Å². The first-order chi connectivity index (χ1) is 10.7. The number of anilines is 1. The lowest BCUT2D eigenvalue weighted by Gasteiger charge is -2.11. The quantitative estimate of drug-likeness (QED) is 0.705. The Morgan fingerprint density at radius 2 is 2.27 bits per heavy atom. The van der Waals surface area contributed by atoms with E-state index in [0.717, 1.165) is 16.2 Å². The van der Waals surface area contributed by atoms with Gasteiger partial charge in [-0.25, -0.2) is 4.98 Å². The monoisotopic (exact) mass is 316 g/mol. The number of H-pyrrole nitrogens is 1. The SMILES string of the molecule is CC[C@H](Sc1nc2ccccc2[nH]1)C(=O)Nc1cc(C)on1. The molecule has 0 saturated carbocycles. The molecule has 1 amide bonds. The first-order valence-corrected chi connectivity index (χ1v) is 7.89. The van der Waals surface area contributed by atoms with Crippen LogP contribution in [0.1, 0.15) is 19.1 Å². The molecule has 2 heterocycles. The number of nitrogens with zero attached hydrogens (tertiary/aromatic N) is 2. The molecule has 0 saturated heterocycles. The zero-order valence-electron chi connectivity index (χ0n) is 12.3. The number of nitrogens with one attached hydrogen (secondary N) is 2. The normalized spacial score (nSPS) is 12.5. The fraction of sp³-hybridized carbons (Fsp3) is 0.267. The Morgan fingerprint density at radius 1 is 1.45 bits per heavy atom. The third kappa shape index (κ3) is 3.14. The summed E-state index contributed by atoms with van der Waals surface area (Å²) in [7, 11) is 0. The number of aryl methyl sites for hydroxylation is 1. The third-order valence-electron chi connectivity index (χ3n) is 3.16. The molecule has 0 radical (unpaired) electrons. The lowest BCUT2D eigenvalue weighted by Crippen LogP contribution is -2.24. The molecule has 0 bridgehead atoms. The summed E-state index contributed by atoms with van der Waals surface area (Å²) < 4.78 is 4.95. The molecule has 22 heavy (non-hydrogen) atoms. The Morgan fingerprint density at radius 3 is 2.95 bits per heavy atom. The lowest BCUT2D eigenvalue weighted by molar-refractivity contribution is -0.115. The Kier molecular flexibility index (Phi) is 4.15. The van der Waals surface area contributed by atoms with Crippen molar-refractivity contribution in [3.63, 3.8) is 0 Å². The minimum atomic E-state index is -0.252. The second-order valence-corrected chi connectivity index (χ2v) is 6.08. The lowest BCUT2D eigenvalue weighted by atomic mass is 10.3. The molecule has 2 aromatic heterocycles. The van der Waals surface area contributed by atoms with E-state index in [4.69, 9.17) is 4.52 Å². The van der Waals surface area contributed by atoms with Crippen molar-refractivity contribution < 1.29 is 9.32 Å². The molecule has 0 aliphatic rings. The number of hydrogen-bond acceptors (Lipinski definition) is 5. The summed E-state index contributed by atoms with van der Waals surface area (Å²) >= 11 is 1.41. The molecule has 1 aromatic carbocycles. The van der Waals surface area contributed by atoms with E-state index >= 15 is 0 Å². The number of hydrogen-bond donors (Lipinski definition) is 2. The van der Waals surface area contributed by atoms with Gasteiger partial charge in [0.1, 0.15) is 5.76 Å². The highest BCUT2D eigenvalue weighted by molar-refractivity contribution is 8.00. The van der Waals surface area contributed by atoms with Crippen LogP contribution in [0.25, 0.3) is 11.0 Å². The van der Waals surface area contributed by atoms with E-state index < -0.39 is 0 Å². The van der Waals surface area contributed by atoms with Crippen molar-refractivity contribution in [1.82, 2.24) is 15.1 Å². The summed E-state index contributed by atoms with van der Waals surface area (Å²) in [5, 5.41) is 7.02. The predicted molar refractivity (Wildman–Crippen MR) is 85.9 cm³/mol. The Balaban J connectivity index is 1.71. The topological polar surface area (TPSA) is 83.8 Å². The summed E-state index contributed by atoms with van der Waals surface area (Å²) in [4.78, 5) is 20.0. The molecule has 0 aliphatic carbocycles. The van der Waals surface area contributed by atoms with Crippen LogP contribution in [-0.2, 0) is 4.79 Å². The molecule has 2 N–H and O–H groups in total. The number of para-hydroxylation sites is 2.